The second kappa shape index (κ2) is 6.14. The lowest BCUT2D eigenvalue weighted by atomic mass is 9.74. The van der Waals surface area contributed by atoms with Crippen molar-refractivity contribution in [3.8, 4) is 17.2 Å². The summed E-state index contributed by atoms with van der Waals surface area (Å²) >= 11 is 0. The molecule has 4 aliphatic rings. The first-order chi connectivity index (χ1) is 14.6. The highest BCUT2D eigenvalue weighted by Crippen LogP contribution is 2.55. The maximum atomic E-state index is 13.6. The Morgan fingerprint density at radius 3 is 2.60 bits per heavy atom. The standard InChI is InChI=1S/C23H22N2O5/c1-25-16-7-3-6-14(21(26)24-13-4-2-5-13)20(16)23(22(25)27)12-30-17-11-19-18(10-15(17)23)28-8-9-29-19/h3,6-7,10-11,13H,2,4-5,8-9,12H2,1H3,(H,24,26). The Bertz CT molecular complexity index is 1090. The third-order valence-corrected chi connectivity index (χ3v) is 6.73. The fourth-order valence-corrected chi connectivity index (χ4v) is 4.95. The Labute approximate surface area is 173 Å². The quantitative estimate of drug-likeness (QED) is 0.829. The summed E-state index contributed by atoms with van der Waals surface area (Å²) in [5.74, 6) is 1.59. The van der Waals surface area contributed by atoms with Gasteiger partial charge in [-0.3, -0.25) is 9.59 Å². The zero-order valence-electron chi connectivity index (χ0n) is 16.7. The van der Waals surface area contributed by atoms with E-state index >= 15 is 0 Å². The molecule has 1 fully saturated rings. The molecule has 0 radical (unpaired) electrons. The number of carbonyl (C=O) groups is 2. The van der Waals surface area contributed by atoms with Crippen molar-refractivity contribution in [3.63, 3.8) is 0 Å². The van der Waals surface area contributed by atoms with Gasteiger partial charge in [0.25, 0.3) is 5.91 Å². The number of amides is 2. The second-order valence-electron chi connectivity index (χ2n) is 8.35. The number of rotatable bonds is 2. The van der Waals surface area contributed by atoms with E-state index < -0.39 is 5.41 Å². The lowest BCUT2D eigenvalue weighted by Gasteiger charge is -2.28. The van der Waals surface area contributed by atoms with Gasteiger partial charge >= 0.3 is 0 Å². The number of anilines is 1. The molecule has 7 nitrogen and oxygen atoms in total. The molecule has 0 saturated heterocycles. The summed E-state index contributed by atoms with van der Waals surface area (Å²) in [5, 5.41) is 3.12. The number of carbonyl (C=O) groups excluding carboxylic acids is 2. The SMILES string of the molecule is CN1C(=O)C2(COc3cc4c(cc32)OCCO4)c2c(C(=O)NC3CCC3)cccc21. The van der Waals surface area contributed by atoms with Crippen molar-refractivity contribution in [2.24, 2.45) is 0 Å². The minimum atomic E-state index is -1.07. The Kier molecular flexibility index (Phi) is 3.61. The third-order valence-electron chi connectivity index (χ3n) is 6.73. The van der Waals surface area contributed by atoms with Crippen LogP contribution in [0.5, 0.6) is 17.2 Å². The van der Waals surface area contributed by atoms with E-state index in [-0.39, 0.29) is 24.5 Å². The summed E-state index contributed by atoms with van der Waals surface area (Å²) in [6, 6.07) is 9.37. The van der Waals surface area contributed by atoms with Gasteiger partial charge in [-0.05, 0) is 37.5 Å². The van der Waals surface area contributed by atoms with Gasteiger partial charge in [-0.15, -0.1) is 0 Å². The molecule has 1 saturated carbocycles. The van der Waals surface area contributed by atoms with Crippen LogP contribution in [0, 0.1) is 0 Å². The second-order valence-corrected chi connectivity index (χ2v) is 8.35. The van der Waals surface area contributed by atoms with Crippen molar-refractivity contribution < 1.29 is 23.8 Å². The van der Waals surface area contributed by atoms with Gasteiger partial charge in [-0.1, -0.05) is 6.07 Å². The van der Waals surface area contributed by atoms with Gasteiger partial charge in [0.1, 0.15) is 31.0 Å². The van der Waals surface area contributed by atoms with E-state index in [2.05, 4.69) is 5.32 Å². The average molecular weight is 406 g/mol. The lowest BCUT2D eigenvalue weighted by Crippen LogP contribution is -2.43. The van der Waals surface area contributed by atoms with Gasteiger partial charge in [0.05, 0.1) is 0 Å². The Hall–Kier alpha value is -3.22. The molecule has 1 N–H and O–H groups in total. The molecule has 1 aliphatic carbocycles. The summed E-state index contributed by atoms with van der Waals surface area (Å²) in [6.45, 7) is 1.08. The number of fused-ring (bicyclic) bond motifs is 5. The maximum absolute atomic E-state index is 13.6. The largest absolute Gasteiger partial charge is 0.491 e. The summed E-state index contributed by atoms with van der Waals surface area (Å²) < 4.78 is 17.5. The molecule has 30 heavy (non-hydrogen) atoms. The van der Waals surface area contributed by atoms with Crippen LogP contribution in [0.4, 0.5) is 5.69 Å². The van der Waals surface area contributed by atoms with Gasteiger partial charge in [0.15, 0.2) is 11.5 Å². The predicted molar refractivity (Wildman–Crippen MR) is 109 cm³/mol. The molecule has 2 aromatic rings. The molecule has 0 aromatic heterocycles. The number of likely N-dealkylation sites (N-methyl/N-ethyl adjacent to an activating group) is 1. The Morgan fingerprint density at radius 2 is 1.87 bits per heavy atom. The van der Waals surface area contributed by atoms with Crippen LogP contribution in [0.3, 0.4) is 0 Å². The van der Waals surface area contributed by atoms with E-state index in [1.165, 1.54) is 0 Å². The molecule has 3 aliphatic heterocycles. The molecule has 1 spiro atoms. The smallest absolute Gasteiger partial charge is 0.251 e. The number of nitrogens with zero attached hydrogens (tertiary/aromatic N) is 1. The van der Waals surface area contributed by atoms with Gasteiger partial charge in [-0.2, -0.15) is 0 Å². The van der Waals surface area contributed by atoms with Crippen molar-refractivity contribution in [2.45, 2.75) is 30.7 Å². The molecule has 6 rings (SSSR count). The first-order valence-electron chi connectivity index (χ1n) is 10.4. The fraction of sp³-hybridized carbons (Fsp3) is 0.391. The molecular weight excluding hydrogens is 384 g/mol. The lowest BCUT2D eigenvalue weighted by molar-refractivity contribution is -0.121. The van der Waals surface area contributed by atoms with Gasteiger partial charge in [-0.25, -0.2) is 0 Å². The first-order valence-corrected chi connectivity index (χ1v) is 10.4. The van der Waals surface area contributed by atoms with Crippen LogP contribution in [0.25, 0.3) is 0 Å². The molecule has 0 bridgehead atoms. The highest BCUT2D eigenvalue weighted by atomic mass is 16.6. The average Bonchev–Trinajstić information content (AvgIpc) is 3.21. The summed E-state index contributed by atoms with van der Waals surface area (Å²) in [6.07, 6.45) is 3.14. The Balaban J connectivity index is 1.53. The number of hydrogen-bond donors (Lipinski definition) is 1. The highest BCUT2D eigenvalue weighted by molar-refractivity contribution is 6.14. The van der Waals surface area contributed by atoms with E-state index in [4.69, 9.17) is 14.2 Å². The molecule has 1 unspecified atom stereocenters. The third kappa shape index (κ3) is 2.20. The van der Waals surface area contributed by atoms with E-state index in [0.29, 0.717) is 41.6 Å². The van der Waals surface area contributed by atoms with Crippen molar-refractivity contribution in [2.75, 3.05) is 31.8 Å². The first kappa shape index (κ1) is 17.6. The zero-order valence-corrected chi connectivity index (χ0v) is 16.7. The topological polar surface area (TPSA) is 77.1 Å². The molecule has 1 atom stereocenters. The van der Waals surface area contributed by atoms with Gasteiger partial charge in [0, 0.05) is 41.5 Å². The van der Waals surface area contributed by atoms with Crippen LogP contribution in [0.15, 0.2) is 30.3 Å². The van der Waals surface area contributed by atoms with E-state index in [1.807, 2.05) is 18.2 Å². The summed E-state index contributed by atoms with van der Waals surface area (Å²) in [4.78, 5) is 28.4. The molecule has 7 heteroatoms. The monoisotopic (exact) mass is 406 g/mol. The van der Waals surface area contributed by atoms with Crippen LogP contribution in [0.2, 0.25) is 0 Å². The van der Waals surface area contributed by atoms with Crippen LogP contribution in [-0.4, -0.2) is 44.7 Å². The van der Waals surface area contributed by atoms with Gasteiger partial charge < -0.3 is 24.4 Å². The Morgan fingerprint density at radius 1 is 1.10 bits per heavy atom. The molecule has 154 valence electrons. The minimum absolute atomic E-state index is 0.100. The van der Waals surface area contributed by atoms with Crippen LogP contribution in [-0.2, 0) is 10.2 Å². The van der Waals surface area contributed by atoms with Crippen LogP contribution < -0.4 is 24.4 Å². The number of ether oxygens (including phenoxy) is 3. The van der Waals surface area contributed by atoms with E-state index in [9.17, 15) is 9.59 Å². The van der Waals surface area contributed by atoms with Crippen molar-refractivity contribution >= 4 is 17.5 Å². The highest BCUT2D eigenvalue weighted by Gasteiger charge is 2.58. The number of hydrogen-bond acceptors (Lipinski definition) is 5. The molecule has 2 aromatic carbocycles. The predicted octanol–water partition coefficient (Wildman–Crippen LogP) is 2.39. The van der Waals surface area contributed by atoms with Crippen LogP contribution in [0.1, 0.15) is 40.7 Å². The molecule has 3 heterocycles. The minimum Gasteiger partial charge on any atom is -0.491 e. The van der Waals surface area contributed by atoms with Crippen molar-refractivity contribution in [1.82, 2.24) is 5.32 Å². The number of nitrogens with one attached hydrogen (secondary N) is 1. The summed E-state index contributed by atoms with van der Waals surface area (Å²) in [5.41, 5.74) is 1.65. The maximum Gasteiger partial charge on any atom is 0.251 e. The summed E-state index contributed by atoms with van der Waals surface area (Å²) in [7, 11) is 1.75. The fourth-order valence-electron chi connectivity index (χ4n) is 4.95. The molecular formula is C23H22N2O5. The van der Waals surface area contributed by atoms with E-state index in [0.717, 1.165) is 30.5 Å². The van der Waals surface area contributed by atoms with Crippen molar-refractivity contribution in [1.29, 1.82) is 0 Å². The van der Waals surface area contributed by atoms with E-state index in [1.54, 1.807) is 24.1 Å². The number of benzene rings is 2. The van der Waals surface area contributed by atoms with Crippen LogP contribution >= 0.6 is 0 Å². The zero-order chi connectivity index (χ0) is 20.5. The normalized spacial score (nSPS) is 23.6. The van der Waals surface area contributed by atoms with Crippen molar-refractivity contribution in [3.05, 3.63) is 47.0 Å². The van der Waals surface area contributed by atoms with Gasteiger partial charge in [0.2, 0.25) is 5.91 Å². The molecule has 2 amide bonds.